The molecule has 0 bridgehead atoms. The van der Waals surface area contributed by atoms with Crippen LogP contribution in [0.3, 0.4) is 0 Å². The largest absolute Gasteiger partial charge is 0.465 e. The number of hydrogen-bond donors (Lipinski definition) is 1. The summed E-state index contributed by atoms with van der Waals surface area (Å²) in [6.07, 6.45) is 1.12. The van der Waals surface area contributed by atoms with Crippen LogP contribution in [0.1, 0.15) is 19.8 Å². The Balaban J connectivity index is 1.88. The highest BCUT2D eigenvalue weighted by Gasteiger charge is 2.32. The molecule has 2 aliphatic rings. The summed E-state index contributed by atoms with van der Waals surface area (Å²) >= 11 is 0. The van der Waals surface area contributed by atoms with Crippen molar-refractivity contribution in [1.29, 1.82) is 0 Å². The van der Waals surface area contributed by atoms with Crippen molar-refractivity contribution in [3.8, 4) is 0 Å². The molecule has 0 aromatic heterocycles. The summed E-state index contributed by atoms with van der Waals surface area (Å²) in [7, 11) is 0. The van der Waals surface area contributed by atoms with Crippen LogP contribution in [-0.2, 0) is 4.74 Å². The number of likely N-dealkylation sites (tertiary alicyclic amines) is 1. The van der Waals surface area contributed by atoms with Crippen LogP contribution in [0.2, 0.25) is 0 Å². The normalized spacial score (nSPS) is 32.7. The topological polar surface area (TPSA) is 53.0 Å². The number of hydrogen-bond acceptors (Lipinski definition) is 3. The molecule has 1 amide bonds. The number of piperidine rings is 1. The van der Waals surface area contributed by atoms with Gasteiger partial charge in [0.25, 0.3) is 0 Å². The van der Waals surface area contributed by atoms with Crippen molar-refractivity contribution < 1.29 is 14.6 Å². The molecule has 0 aliphatic carbocycles. The number of rotatable bonds is 1. The van der Waals surface area contributed by atoms with Crippen LogP contribution >= 0.6 is 0 Å². The summed E-state index contributed by atoms with van der Waals surface area (Å²) in [5, 5.41) is 9.00. The minimum atomic E-state index is -0.784. The van der Waals surface area contributed by atoms with Crippen molar-refractivity contribution in [3.05, 3.63) is 0 Å². The molecule has 5 nitrogen and oxygen atoms in total. The monoisotopic (exact) mass is 228 g/mol. The average Bonchev–Trinajstić information content (AvgIpc) is 2.29. The lowest BCUT2D eigenvalue weighted by molar-refractivity contribution is -0.00591. The summed E-state index contributed by atoms with van der Waals surface area (Å²) in [5.41, 5.74) is 0. The third-order valence-electron chi connectivity index (χ3n) is 3.66. The Labute approximate surface area is 96.0 Å². The predicted molar refractivity (Wildman–Crippen MR) is 59.6 cm³/mol. The van der Waals surface area contributed by atoms with E-state index in [1.54, 1.807) is 4.90 Å². The first-order chi connectivity index (χ1) is 7.68. The summed E-state index contributed by atoms with van der Waals surface area (Å²) in [4.78, 5) is 14.9. The molecular formula is C11H20N2O3. The van der Waals surface area contributed by atoms with Gasteiger partial charge in [-0.2, -0.15) is 0 Å². The molecule has 0 radical (unpaired) electrons. The Hall–Kier alpha value is -0.810. The molecule has 2 fully saturated rings. The smallest absolute Gasteiger partial charge is 0.407 e. The van der Waals surface area contributed by atoms with Gasteiger partial charge in [0.15, 0.2) is 0 Å². The van der Waals surface area contributed by atoms with Crippen LogP contribution in [0.4, 0.5) is 4.79 Å². The van der Waals surface area contributed by atoms with Gasteiger partial charge in [-0.3, -0.25) is 4.90 Å². The predicted octanol–water partition coefficient (Wildman–Crippen LogP) is 0.850. The average molecular weight is 228 g/mol. The van der Waals surface area contributed by atoms with E-state index in [9.17, 15) is 4.79 Å². The van der Waals surface area contributed by atoms with Gasteiger partial charge in [-0.25, -0.2) is 4.79 Å². The lowest BCUT2D eigenvalue weighted by Crippen LogP contribution is -2.53. The molecule has 2 atom stereocenters. The fourth-order valence-electron chi connectivity index (χ4n) is 2.71. The Morgan fingerprint density at radius 1 is 1.31 bits per heavy atom. The second-order valence-corrected chi connectivity index (χ2v) is 4.65. The van der Waals surface area contributed by atoms with Crippen molar-refractivity contribution in [2.75, 3.05) is 32.8 Å². The second kappa shape index (κ2) is 5.01. The molecule has 0 aromatic carbocycles. The fraction of sp³-hybridized carbons (Fsp3) is 0.909. The van der Waals surface area contributed by atoms with Crippen molar-refractivity contribution in [1.82, 2.24) is 9.80 Å². The van der Waals surface area contributed by atoms with Gasteiger partial charge in [0.05, 0.1) is 13.2 Å². The van der Waals surface area contributed by atoms with E-state index in [1.807, 2.05) is 6.92 Å². The van der Waals surface area contributed by atoms with Gasteiger partial charge in [-0.05, 0) is 19.8 Å². The van der Waals surface area contributed by atoms with E-state index in [0.717, 1.165) is 39.1 Å². The van der Waals surface area contributed by atoms with Crippen LogP contribution < -0.4 is 0 Å². The van der Waals surface area contributed by atoms with Crippen molar-refractivity contribution in [3.63, 3.8) is 0 Å². The summed E-state index contributed by atoms with van der Waals surface area (Å²) in [5.74, 6) is 0. The lowest BCUT2D eigenvalue weighted by Gasteiger charge is -2.42. The SMILES string of the molecule is C[C@H]1CC(N2CCOCC2)CCN1C(=O)O. The minimum absolute atomic E-state index is 0.138. The van der Waals surface area contributed by atoms with Crippen LogP contribution in [0.25, 0.3) is 0 Å². The molecule has 92 valence electrons. The van der Waals surface area contributed by atoms with E-state index in [4.69, 9.17) is 9.84 Å². The summed E-state index contributed by atoms with van der Waals surface area (Å²) in [6.45, 7) is 6.27. The zero-order valence-corrected chi connectivity index (χ0v) is 9.76. The minimum Gasteiger partial charge on any atom is -0.465 e. The standard InChI is InChI=1S/C11H20N2O3/c1-9-8-10(2-3-13(9)11(14)15)12-4-6-16-7-5-12/h9-10H,2-8H2,1H3,(H,14,15)/t9-,10?/m0/s1. The number of morpholine rings is 1. The van der Waals surface area contributed by atoms with Crippen LogP contribution in [0.15, 0.2) is 0 Å². The Bertz CT molecular complexity index is 254. The number of carboxylic acid groups (broad SMARTS) is 1. The first-order valence-corrected chi connectivity index (χ1v) is 6.00. The van der Waals surface area contributed by atoms with E-state index in [-0.39, 0.29) is 6.04 Å². The quantitative estimate of drug-likeness (QED) is 0.723. The molecule has 2 aliphatic heterocycles. The highest BCUT2D eigenvalue weighted by Crippen LogP contribution is 2.22. The molecule has 0 saturated carbocycles. The molecule has 0 aromatic rings. The van der Waals surface area contributed by atoms with Gasteiger partial charge >= 0.3 is 6.09 Å². The van der Waals surface area contributed by atoms with Gasteiger partial charge < -0.3 is 14.7 Å². The maximum absolute atomic E-state index is 10.9. The van der Waals surface area contributed by atoms with Crippen LogP contribution in [0, 0.1) is 0 Å². The molecule has 0 spiro atoms. The lowest BCUT2D eigenvalue weighted by atomic mass is 9.97. The van der Waals surface area contributed by atoms with Gasteiger partial charge in [0.1, 0.15) is 0 Å². The van der Waals surface area contributed by atoms with Gasteiger partial charge in [-0.15, -0.1) is 0 Å². The van der Waals surface area contributed by atoms with E-state index in [0.29, 0.717) is 12.6 Å². The molecule has 2 heterocycles. The number of nitrogens with zero attached hydrogens (tertiary/aromatic N) is 2. The molecule has 16 heavy (non-hydrogen) atoms. The van der Waals surface area contributed by atoms with E-state index in [2.05, 4.69) is 4.90 Å². The molecule has 2 rings (SSSR count). The first kappa shape index (κ1) is 11.7. The van der Waals surface area contributed by atoms with Crippen molar-refractivity contribution >= 4 is 6.09 Å². The maximum atomic E-state index is 10.9. The Morgan fingerprint density at radius 2 is 2.00 bits per heavy atom. The summed E-state index contributed by atoms with van der Waals surface area (Å²) in [6, 6.07) is 0.675. The number of ether oxygens (including phenoxy) is 1. The van der Waals surface area contributed by atoms with Crippen molar-refractivity contribution in [2.45, 2.75) is 31.8 Å². The number of carbonyl (C=O) groups is 1. The molecule has 1 unspecified atom stereocenters. The number of amides is 1. The summed E-state index contributed by atoms with van der Waals surface area (Å²) < 4.78 is 5.33. The zero-order chi connectivity index (χ0) is 11.5. The molecule has 1 N–H and O–H groups in total. The van der Waals surface area contributed by atoms with E-state index in [1.165, 1.54) is 0 Å². The fourth-order valence-corrected chi connectivity index (χ4v) is 2.71. The van der Waals surface area contributed by atoms with Crippen LogP contribution in [0.5, 0.6) is 0 Å². The van der Waals surface area contributed by atoms with Gasteiger partial charge in [-0.1, -0.05) is 0 Å². The van der Waals surface area contributed by atoms with Crippen molar-refractivity contribution in [2.24, 2.45) is 0 Å². The molecule has 5 heteroatoms. The van der Waals surface area contributed by atoms with E-state index >= 15 is 0 Å². The van der Waals surface area contributed by atoms with Gasteiger partial charge in [0, 0.05) is 31.7 Å². The second-order valence-electron chi connectivity index (χ2n) is 4.65. The van der Waals surface area contributed by atoms with Crippen LogP contribution in [-0.4, -0.2) is 65.9 Å². The Kier molecular flexibility index (Phi) is 3.66. The zero-order valence-electron chi connectivity index (χ0n) is 9.76. The highest BCUT2D eigenvalue weighted by atomic mass is 16.5. The highest BCUT2D eigenvalue weighted by molar-refractivity contribution is 5.65. The third kappa shape index (κ3) is 2.47. The van der Waals surface area contributed by atoms with E-state index < -0.39 is 6.09 Å². The Morgan fingerprint density at radius 3 is 2.56 bits per heavy atom. The molecule has 2 saturated heterocycles. The first-order valence-electron chi connectivity index (χ1n) is 6.00. The third-order valence-corrected chi connectivity index (χ3v) is 3.66. The maximum Gasteiger partial charge on any atom is 0.407 e. The molecular weight excluding hydrogens is 208 g/mol. The van der Waals surface area contributed by atoms with Gasteiger partial charge in [0.2, 0.25) is 0 Å².